The van der Waals surface area contributed by atoms with E-state index in [1.807, 2.05) is 13.8 Å². The summed E-state index contributed by atoms with van der Waals surface area (Å²) in [5, 5.41) is 18.3. The quantitative estimate of drug-likeness (QED) is 0.715. The molecule has 0 aliphatic carbocycles. The number of hydrogen-bond acceptors (Lipinski definition) is 4. The molecular weight excluding hydrogens is 244 g/mol. The highest BCUT2D eigenvalue weighted by Crippen LogP contribution is 2.34. The summed E-state index contributed by atoms with van der Waals surface area (Å²) in [7, 11) is 0. The van der Waals surface area contributed by atoms with Crippen LogP contribution in [0.15, 0.2) is 0 Å². The molecule has 1 saturated heterocycles. The molecule has 0 aromatic carbocycles. The largest absolute Gasteiger partial charge is 0.394 e. The lowest BCUT2D eigenvalue weighted by Gasteiger charge is -2.51. The van der Waals surface area contributed by atoms with E-state index in [0.717, 1.165) is 0 Å². The molecule has 0 radical (unpaired) electrons. The number of piperazine rings is 1. The van der Waals surface area contributed by atoms with Crippen LogP contribution in [0.5, 0.6) is 0 Å². The van der Waals surface area contributed by atoms with E-state index >= 15 is 0 Å². The average Bonchev–Trinajstić information content (AvgIpc) is 2.23. The first-order chi connectivity index (χ1) is 7.63. The van der Waals surface area contributed by atoms with Crippen molar-refractivity contribution in [3.05, 3.63) is 0 Å². The summed E-state index contributed by atoms with van der Waals surface area (Å²) in [4.78, 5) is 13.8. The number of carbonyl (C=O) groups excluding carboxylic acids is 1. The van der Waals surface area contributed by atoms with Gasteiger partial charge < -0.3 is 15.1 Å². The van der Waals surface area contributed by atoms with Crippen molar-refractivity contribution in [3.63, 3.8) is 0 Å². The number of amides is 1. The lowest BCUT2D eigenvalue weighted by molar-refractivity contribution is -0.153. The molecule has 0 aromatic rings. The highest BCUT2D eigenvalue weighted by Gasteiger charge is 2.50. The molecule has 0 saturated carbocycles. The molecule has 1 rings (SSSR count). The molecule has 2 N–H and O–H groups in total. The average molecular weight is 265 g/mol. The van der Waals surface area contributed by atoms with Crippen molar-refractivity contribution in [2.45, 2.75) is 44.9 Å². The van der Waals surface area contributed by atoms with Gasteiger partial charge >= 0.3 is 0 Å². The fourth-order valence-electron chi connectivity index (χ4n) is 2.29. The van der Waals surface area contributed by atoms with Gasteiger partial charge in [0.2, 0.25) is 5.91 Å². The maximum Gasteiger partial charge on any atom is 0.243 e. The number of β-amino-alcohol motifs (C(OH)–C–C–N with tert-alkyl or cyclic N) is 1. The first kappa shape index (κ1) is 14.7. The summed E-state index contributed by atoms with van der Waals surface area (Å²) >= 11 is 6.20. The van der Waals surface area contributed by atoms with Crippen LogP contribution >= 0.6 is 11.8 Å². The SMILES string of the molecule is CC1(C)CN(CC(O)CO)C(=O)C(C)(C)N1Cl. The van der Waals surface area contributed by atoms with Gasteiger partial charge in [-0.05, 0) is 39.5 Å². The van der Waals surface area contributed by atoms with Gasteiger partial charge in [-0.1, -0.05) is 0 Å². The van der Waals surface area contributed by atoms with Gasteiger partial charge in [-0.2, -0.15) is 4.42 Å². The van der Waals surface area contributed by atoms with E-state index in [9.17, 15) is 9.90 Å². The summed E-state index contributed by atoms with van der Waals surface area (Å²) in [6.07, 6.45) is -0.910. The molecule has 1 amide bonds. The zero-order valence-electron chi connectivity index (χ0n) is 10.8. The van der Waals surface area contributed by atoms with Gasteiger partial charge in [-0.25, -0.2) is 0 Å². The summed E-state index contributed by atoms with van der Waals surface area (Å²) < 4.78 is 1.53. The van der Waals surface area contributed by atoms with Crippen molar-refractivity contribution >= 4 is 17.7 Å². The van der Waals surface area contributed by atoms with Crippen LogP contribution < -0.4 is 0 Å². The van der Waals surface area contributed by atoms with E-state index in [-0.39, 0.29) is 24.6 Å². The molecule has 17 heavy (non-hydrogen) atoms. The molecule has 1 heterocycles. The first-order valence-corrected chi connectivity index (χ1v) is 6.01. The predicted octanol–water partition coefficient (Wildman–Crippen LogP) is 0.195. The maximum atomic E-state index is 12.2. The smallest absolute Gasteiger partial charge is 0.243 e. The van der Waals surface area contributed by atoms with Gasteiger partial charge in [-0.15, -0.1) is 0 Å². The van der Waals surface area contributed by atoms with Crippen molar-refractivity contribution in [1.82, 2.24) is 9.32 Å². The lowest BCUT2D eigenvalue weighted by atomic mass is 9.90. The van der Waals surface area contributed by atoms with Crippen LogP contribution in [0, 0.1) is 0 Å². The minimum atomic E-state index is -0.910. The van der Waals surface area contributed by atoms with Crippen LogP contribution in [0.4, 0.5) is 0 Å². The van der Waals surface area contributed by atoms with Gasteiger partial charge in [0, 0.05) is 18.6 Å². The molecule has 5 nitrogen and oxygen atoms in total. The molecule has 1 aliphatic heterocycles. The van der Waals surface area contributed by atoms with E-state index in [4.69, 9.17) is 16.9 Å². The van der Waals surface area contributed by atoms with Crippen molar-refractivity contribution in [1.29, 1.82) is 0 Å². The molecule has 1 atom stereocenters. The Bertz CT molecular complexity index is 307. The third-order valence-corrected chi connectivity index (χ3v) is 3.93. The third-order valence-electron chi connectivity index (χ3n) is 3.05. The normalized spacial score (nSPS) is 26.1. The molecule has 1 unspecified atom stereocenters. The van der Waals surface area contributed by atoms with Crippen molar-refractivity contribution < 1.29 is 15.0 Å². The number of hydrogen-bond donors (Lipinski definition) is 2. The van der Waals surface area contributed by atoms with Crippen LogP contribution in [0.25, 0.3) is 0 Å². The lowest BCUT2D eigenvalue weighted by Crippen LogP contribution is -2.68. The molecule has 6 heteroatoms. The molecular formula is C11H21ClN2O3. The maximum absolute atomic E-state index is 12.2. The Morgan fingerprint density at radius 3 is 2.41 bits per heavy atom. The Labute approximate surface area is 107 Å². The minimum absolute atomic E-state index is 0.132. The fourth-order valence-corrected chi connectivity index (χ4v) is 2.41. The van der Waals surface area contributed by atoms with E-state index in [2.05, 4.69) is 0 Å². The highest BCUT2D eigenvalue weighted by atomic mass is 35.5. The number of aliphatic hydroxyl groups is 2. The molecule has 0 aromatic heterocycles. The Kier molecular flexibility index (Phi) is 4.08. The fraction of sp³-hybridized carbons (Fsp3) is 0.909. The summed E-state index contributed by atoms with van der Waals surface area (Å²) in [5.74, 6) is -0.140. The molecule has 100 valence electrons. The first-order valence-electron chi connectivity index (χ1n) is 5.67. The van der Waals surface area contributed by atoms with E-state index in [1.54, 1.807) is 18.7 Å². The summed E-state index contributed by atoms with van der Waals surface area (Å²) in [5.41, 5.74) is -1.20. The minimum Gasteiger partial charge on any atom is -0.394 e. The standard InChI is InChI=1S/C11H21ClN2O3/c1-10(2)7-13(5-8(16)6-15)9(17)11(3,4)14(10)12/h8,15-16H,5-7H2,1-4H3. The van der Waals surface area contributed by atoms with E-state index < -0.39 is 11.6 Å². The van der Waals surface area contributed by atoms with Crippen LogP contribution in [-0.2, 0) is 4.79 Å². The number of aliphatic hydroxyl groups excluding tert-OH is 2. The summed E-state index contributed by atoms with van der Waals surface area (Å²) in [6, 6.07) is 0. The van der Waals surface area contributed by atoms with Gasteiger partial charge in [0.1, 0.15) is 5.54 Å². The molecule has 0 spiro atoms. The Balaban J connectivity index is 2.91. The Morgan fingerprint density at radius 2 is 1.94 bits per heavy atom. The zero-order chi connectivity index (χ0) is 13.4. The highest BCUT2D eigenvalue weighted by molar-refractivity contribution is 6.16. The van der Waals surface area contributed by atoms with Crippen molar-refractivity contribution in [3.8, 4) is 0 Å². The van der Waals surface area contributed by atoms with E-state index in [0.29, 0.717) is 6.54 Å². The second-order valence-corrected chi connectivity index (χ2v) is 6.01. The Hall–Kier alpha value is -0.360. The van der Waals surface area contributed by atoms with Crippen LogP contribution in [0.3, 0.4) is 0 Å². The van der Waals surface area contributed by atoms with E-state index in [1.165, 1.54) is 4.42 Å². The predicted molar refractivity (Wildman–Crippen MR) is 65.5 cm³/mol. The number of halogens is 1. The van der Waals surface area contributed by atoms with Crippen molar-refractivity contribution in [2.24, 2.45) is 0 Å². The molecule has 1 aliphatic rings. The van der Waals surface area contributed by atoms with Crippen LogP contribution in [0.1, 0.15) is 27.7 Å². The zero-order valence-corrected chi connectivity index (χ0v) is 11.5. The second-order valence-electron chi connectivity index (χ2n) is 5.67. The molecule has 1 fully saturated rings. The number of rotatable bonds is 3. The van der Waals surface area contributed by atoms with Gasteiger partial charge in [0.05, 0.1) is 12.7 Å². The number of nitrogens with zero attached hydrogens (tertiary/aromatic N) is 2. The molecule has 0 bridgehead atoms. The van der Waals surface area contributed by atoms with Crippen LogP contribution in [0.2, 0.25) is 0 Å². The number of carbonyl (C=O) groups is 1. The monoisotopic (exact) mass is 264 g/mol. The van der Waals surface area contributed by atoms with Gasteiger partial charge in [0.25, 0.3) is 0 Å². The van der Waals surface area contributed by atoms with Gasteiger partial charge in [0.15, 0.2) is 0 Å². The third kappa shape index (κ3) is 2.73. The van der Waals surface area contributed by atoms with Gasteiger partial charge in [-0.3, -0.25) is 4.79 Å². The Morgan fingerprint density at radius 1 is 1.41 bits per heavy atom. The van der Waals surface area contributed by atoms with Crippen molar-refractivity contribution in [2.75, 3.05) is 19.7 Å². The second kappa shape index (κ2) is 4.72. The summed E-state index contributed by atoms with van der Waals surface area (Å²) in [6.45, 7) is 7.58. The van der Waals surface area contributed by atoms with Crippen LogP contribution in [-0.4, -0.2) is 62.3 Å². The topological polar surface area (TPSA) is 64.0 Å².